The molecule has 0 aliphatic rings. The van der Waals surface area contributed by atoms with Crippen molar-refractivity contribution < 1.29 is 9.50 Å². The Labute approximate surface area is 94.5 Å². The zero-order valence-electron chi connectivity index (χ0n) is 9.37. The van der Waals surface area contributed by atoms with Crippen LogP contribution in [0.3, 0.4) is 0 Å². The van der Waals surface area contributed by atoms with Crippen LogP contribution in [0.15, 0.2) is 18.2 Å². The quantitative estimate of drug-likeness (QED) is 0.821. The van der Waals surface area contributed by atoms with Gasteiger partial charge in [0.25, 0.3) is 0 Å². The highest BCUT2D eigenvalue weighted by molar-refractivity contribution is 5.57. The maximum absolute atomic E-state index is 12.9. The summed E-state index contributed by atoms with van der Waals surface area (Å²) in [5.41, 5.74) is 0.870. The fourth-order valence-electron chi connectivity index (χ4n) is 1.57. The van der Waals surface area contributed by atoms with Crippen molar-refractivity contribution in [3.63, 3.8) is 0 Å². The molecule has 1 aromatic rings. The molecule has 0 fully saturated rings. The minimum absolute atomic E-state index is 0.0255. The third kappa shape index (κ3) is 3.52. The maximum atomic E-state index is 12.9. The molecule has 1 aromatic carbocycles. The Morgan fingerprint density at radius 3 is 2.75 bits per heavy atom. The summed E-state index contributed by atoms with van der Waals surface area (Å²) in [4.78, 5) is 0. The van der Waals surface area contributed by atoms with Gasteiger partial charge in [0.1, 0.15) is 11.9 Å². The van der Waals surface area contributed by atoms with E-state index in [2.05, 4.69) is 5.32 Å². The molecular formula is C12H15FN2O. The van der Waals surface area contributed by atoms with Gasteiger partial charge in [-0.2, -0.15) is 5.26 Å². The first-order chi connectivity index (χ1) is 7.52. The molecule has 0 bridgehead atoms. The van der Waals surface area contributed by atoms with E-state index in [1.807, 2.05) is 13.0 Å². The van der Waals surface area contributed by atoms with Gasteiger partial charge in [-0.1, -0.05) is 0 Å². The maximum Gasteiger partial charge on any atom is 0.124 e. The Balaban J connectivity index is 2.77. The zero-order chi connectivity index (χ0) is 12.1. The van der Waals surface area contributed by atoms with Crippen LogP contribution in [0.1, 0.15) is 25.8 Å². The second kappa shape index (κ2) is 5.47. The number of hydrogen-bond acceptors (Lipinski definition) is 3. The van der Waals surface area contributed by atoms with Gasteiger partial charge in [-0.25, -0.2) is 4.39 Å². The SMILES string of the molecule is CC(O)CC(C)Nc1ccc(F)cc1C#N. The van der Waals surface area contributed by atoms with Crippen LogP contribution in [0.2, 0.25) is 0 Å². The summed E-state index contributed by atoms with van der Waals surface area (Å²) in [6, 6.07) is 5.99. The molecule has 0 aromatic heterocycles. The first kappa shape index (κ1) is 12.5. The van der Waals surface area contributed by atoms with Crippen molar-refractivity contribution in [2.75, 3.05) is 5.32 Å². The van der Waals surface area contributed by atoms with Crippen molar-refractivity contribution in [2.24, 2.45) is 0 Å². The van der Waals surface area contributed by atoms with E-state index in [4.69, 9.17) is 5.26 Å². The zero-order valence-corrected chi connectivity index (χ0v) is 9.37. The number of aliphatic hydroxyl groups excluding tert-OH is 1. The first-order valence-electron chi connectivity index (χ1n) is 5.17. The Bertz CT molecular complexity index is 398. The summed E-state index contributed by atoms with van der Waals surface area (Å²) in [6.07, 6.45) is 0.163. The molecule has 1 rings (SSSR count). The topological polar surface area (TPSA) is 56.0 Å². The number of nitrogens with one attached hydrogen (secondary N) is 1. The van der Waals surface area contributed by atoms with E-state index in [-0.39, 0.29) is 11.6 Å². The average Bonchev–Trinajstić information content (AvgIpc) is 2.19. The minimum atomic E-state index is -0.426. The van der Waals surface area contributed by atoms with Crippen LogP contribution in [0.25, 0.3) is 0 Å². The number of halogens is 1. The molecule has 3 nitrogen and oxygen atoms in total. The lowest BCUT2D eigenvalue weighted by Gasteiger charge is -2.17. The normalized spacial score (nSPS) is 13.9. The number of aliphatic hydroxyl groups is 1. The predicted molar refractivity (Wildman–Crippen MR) is 60.5 cm³/mol. The largest absolute Gasteiger partial charge is 0.393 e. The van der Waals surface area contributed by atoms with E-state index in [1.165, 1.54) is 18.2 Å². The van der Waals surface area contributed by atoms with Gasteiger partial charge in [0.05, 0.1) is 17.4 Å². The van der Waals surface area contributed by atoms with Gasteiger partial charge in [-0.05, 0) is 38.5 Å². The summed E-state index contributed by atoms with van der Waals surface area (Å²) in [5, 5.41) is 21.1. The Hall–Kier alpha value is -1.60. The Morgan fingerprint density at radius 2 is 2.19 bits per heavy atom. The van der Waals surface area contributed by atoms with Crippen molar-refractivity contribution in [1.82, 2.24) is 0 Å². The summed E-state index contributed by atoms with van der Waals surface area (Å²) < 4.78 is 12.9. The van der Waals surface area contributed by atoms with E-state index < -0.39 is 11.9 Å². The summed E-state index contributed by atoms with van der Waals surface area (Å²) >= 11 is 0. The van der Waals surface area contributed by atoms with Gasteiger partial charge in [-0.3, -0.25) is 0 Å². The number of anilines is 1. The molecule has 0 heterocycles. The van der Waals surface area contributed by atoms with Crippen LogP contribution in [0.4, 0.5) is 10.1 Å². The van der Waals surface area contributed by atoms with E-state index in [9.17, 15) is 9.50 Å². The molecule has 2 atom stereocenters. The lowest BCUT2D eigenvalue weighted by atomic mass is 10.1. The van der Waals surface area contributed by atoms with Crippen molar-refractivity contribution >= 4 is 5.69 Å². The number of nitrogens with zero attached hydrogens (tertiary/aromatic N) is 1. The molecule has 0 spiro atoms. The number of hydrogen-bond donors (Lipinski definition) is 2. The molecule has 0 aliphatic heterocycles. The van der Waals surface area contributed by atoms with Crippen LogP contribution >= 0.6 is 0 Å². The molecular weight excluding hydrogens is 207 g/mol. The third-order valence-electron chi connectivity index (χ3n) is 2.20. The van der Waals surface area contributed by atoms with E-state index in [0.717, 1.165) is 0 Å². The summed E-state index contributed by atoms with van der Waals surface area (Å²) in [6.45, 7) is 3.60. The minimum Gasteiger partial charge on any atom is -0.393 e. The lowest BCUT2D eigenvalue weighted by molar-refractivity contribution is 0.179. The fourth-order valence-corrected chi connectivity index (χ4v) is 1.57. The molecule has 4 heteroatoms. The molecule has 2 N–H and O–H groups in total. The first-order valence-corrected chi connectivity index (χ1v) is 5.17. The van der Waals surface area contributed by atoms with Crippen molar-refractivity contribution in [3.05, 3.63) is 29.6 Å². The second-order valence-electron chi connectivity index (χ2n) is 3.93. The monoisotopic (exact) mass is 222 g/mol. The molecule has 0 amide bonds. The molecule has 0 aliphatic carbocycles. The van der Waals surface area contributed by atoms with Crippen LogP contribution in [0, 0.1) is 17.1 Å². The van der Waals surface area contributed by atoms with Crippen molar-refractivity contribution in [1.29, 1.82) is 5.26 Å². The van der Waals surface area contributed by atoms with Gasteiger partial charge in [0.15, 0.2) is 0 Å². The highest BCUT2D eigenvalue weighted by atomic mass is 19.1. The van der Waals surface area contributed by atoms with Crippen LogP contribution in [0.5, 0.6) is 0 Å². The van der Waals surface area contributed by atoms with E-state index in [1.54, 1.807) is 6.92 Å². The summed E-state index contributed by atoms with van der Waals surface area (Å²) in [7, 11) is 0. The molecule has 2 unspecified atom stereocenters. The van der Waals surface area contributed by atoms with Gasteiger partial charge in [0.2, 0.25) is 0 Å². The Morgan fingerprint density at radius 1 is 1.50 bits per heavy atom. The van der Waals surface area contributed by atoms with Gasteiger partial charge in [-0.15, -0.1) is 0 Å². The van der Waals surface area contributed by atoms with Gasteiger partial charge < -0.3 is 10.4 Å². The molecule has 0 radical (unpaired) electrons. The summed E-state index contributed by atoms with van der Waals surface area (Å²) in [5.74, 6) is -0.426. The second-order valence-corrected chi connectivity index (χ2v) is 3.93. The van der Waals surface area contributed by atoms with Crippen molar-refractivity contribution in [2.45, 2.75) is 32.4 Å². The van der Waals surface area contributed by atoms with Crippen LogP contribution in [-0.2, 0) is 0 Å². The molecule has 86 valence electrons. The average molecular weight is 222 g/mol. The van der Waals surface area contributed by atoms with Crippen molar-refractivity contribution in [3.8, 4) is 6.07 Å². The highest BCUT2D eigenvalue weighted by Gasteiger charge is 2.09. The standard InChI is InChI=1S/C12H15FN2O/c1-8(5-9(2)16)15-12-4-3-11(13)6-10(12)7-14/h3-4,6,8-9,15-16H,5H2,1-2H3. The highest BCUT2D eigenvalue weighted by Crippen LogP contribution is 2.17. The Kier molecular flexibility index (Phi) is 4.27. The van der Waals surface area contributed by atoms with Crippen LogP contribution in [-0.4, -0.2) is 17.3 Å². The number of rotatable bonds is 4. The molecule has 0 saturated carbocycles. The third-order valence-corrected chi connectivity index (χ3v) is 2.20. The van der Waals surface area contributed by atoms with Crippen LogP contribution < -0.4 is 5.32 Å². The van der Waals surface area contributed by atoms with Gasteiger partial charge >= 0.3 is 0 Å². The van der Waals surface area contributed by atoms with E-state index in [0.29, 0.717) is 12.1 Å². The predicted octanol–water partition coefficient (Wildman–Crippen LogP) is 2.27. The van der Waals surface area contributed by atoms with Gasteiger partial charge in [0, 0.05) is 6.04 Å². The fraction of sp³-hybridized carbons (Fsp3) is 0.417. The smallest absolute Gasteiger partial charge is 0.124 e. The molecule has 16 heavy (non-hydrogen) atoms. The molecule has 0 saturated heterocycles. The number of benzene rings is 1. The van der Waals surface area contributed by atoms with E-state index >= 15 is 0 Å². The number of nitriles is 1. The lowest BCUT2D eigenvalue weighted by Crippen LogP contribution is -2.21.